The number of nitrogens with zero attached hydrogens (tertiary/aromatic N) is 2. The molecule has 50 heavy (non-hydrogen) atoms. The topological polar surface area (TPSA) is 128 Å². The minimum absolute atomic E-state index is 0. The molecule has 0 unspecified atom stereocenters. The number of aromatic nitrogens is 4. The zero-order chi connectivity index (χ0) is 36.3. The highest BCUT2D eigenvalue weighted by Crippen LogP contribution is 2.37. The number of aromatic amines is 2. The highest BCUT2D eigenvalue weighted by molar-refractivity contribution is 14.1. The summed E-state index contributed by atoms with van der Waals surface area (Å²) < 4.78 is 22.9. The number of halogens is 1. The molecule has 0 bridgehead atoms. The second kappa shape index (κ2) is 17.6. The lowest BCUT2D eigenvalue weighted by Crippen LogP contribution is -2.41. The van der Waals surface area contributed by atoms with Crippen LogP contribution in [0.5, 0.6) is 0 Å². The predicted octanol–water partition coefficient (Wildman–Crippen LogP) is 8.39. The molecule has 0 saturated carbocycles. The SMILES string of the molecule is C.C.COC(=O)c1cc(-c2n[nH]c(C)c2C)c(C)cc1C.COC(=O)c1cc(B2OC(C)(C)C(C)(C)O2)c(C)cc1C.Cc1[nH]nc(I)c1C. The fourth-order valence-electron chi connectivity index (χ4n) is 5.06. The van der Waals surface area contributed by atoms with Crippen LogP contribution in [0.15, 0.2) is 24.3 Å². The average molecular weight is 803 g/mol. The minimum atomic E-state index is -0.473. The zero-order valence-corrected chi connectivity index (χ0v) is 32.8. The van der Waals surface area contributed by atoms with E-state index in [0.29, 0.717) is 11.1 Å². The third-order valence-corrected chi connectivity index (χ3v) is 10.3. The lowest BCUT2D eigenvalue weighted by Gasteiger charge is -2.32. The number of hydrogen-bond donors (Lipinski definition) is 2. The lowest BCUT2D eigenvalue weighted by atomic mass is 9.75. The highest BCUT2D eigenvalue weighted by Gasteiger charge is 2.52. The van der Waals surface area contributed by atoms with Crippen LogP contribution in [-0.2, 0) is 18.8 Å². The van der Waals surface area contributed by atoms with Crippen molar-refractivity contribution < 1.29 is 28.4 Å². The van der Waals surface area contributed by atoms with Crippen molar-refractivity contribution in [2.45, 2.75) is 109 Å². The molecule has 0 aliphatic carbocycles. The molecule has 0 atom stereocenters. The Balaban J connectivity index is 0.000000399. The maximum atomic E-state index is 11.9. The molecule has 2 aromatic carbocycles. The predicted molar refractivity (Wildman–Crippen MR) is 212 cm³/mol. The molecule has 4 aromatic rings. The Morgan fingerprint density at radius 1 is 0.680 bits per heavy atom. The smallest absolute Gasteiger partial charge is 0.465 e. The minimum Gasteiger partial charge on any atom is -0.465 e. The summed E-state index contributed by atoms with van der Waals surface area (Å²) in [6.45, 7) is 23.9. The van der Waals surface area contributed by atoms with Gasteiger partial charge in [0.25, 0.3) is 0 Å². The number of carbonyl (C=O) groups excluding carboxylic acids is 2. The van der Waals surface area contributed by atoms with E-state index in [1.165, 1.54) is 19.8 Å². The van der Waals surface area contributed by atoms with Crippen molar-refractivity contribution in [2.24, 2.45) is 0 Å². The monoisotopic (exact) mass is 802 g/mol. The van der Waals surface area contributed by atoms with Crippen LogP contribution < -0.4 is 5.46 Å². The molecule has 274 valence electrons. The summed E-state index contributed by atoms with van der Waals surface area (Å²) in [5, 5.41) is 14.2. The molecule has 0 spiro atoms. The molecule has 2 aromatic heterocycles. The summed E-state index contributed by atoms with van der Waals surface area (Å²) >= 11 is 2.20. The highest BCUT2D eigenvalue weighted by atomic mass is 127. The second-order valence-electron chi connectivity index (χ2n) is 13.2. The van der Waals surface area contributed by atoms with E-state index < -0.39 is 18.3 Å². The molecule has 12 heteroatoms. The van der Waals surface area contributed by atoms with Gasteiger partial charge in [0.1, 0.15) is 3.70 Å². The van der Waals surface area contributed by atoms with Gasteiger partial charge >= 0.3 is 19.1 Å². The Kier molecular flexibility index (Phi) is 15.7. The molecule has 0 radical (unpaired) electrons. The van der Waals surface area contributed by atoms with Crippen LogP contribution >= 0.6 is 22.6 Å². The first-order valence-electron chi connectivity index (χ1n) is 15.7. The number of nitrogens with one attached hydrogen (secondary N) is 2. The van der Waals surface area contributed by atoms with Crippen molar-refractivity contribution in [3.05, 3.63) is 83.9 Å². The number of benzene rings is 2. The Morgan fingerprint density at radius 2 is 1.12 bits per heavy atom. The van der Waals surface area contributed by atoms with E-state index in [0.717, 1.165) is 59.6 Å². The molecule has 1 saturated heterocycles. The van der Waals surface area contributed by atoms with Gasteiger partial charge in [0.2, 0.25) is 0 Å². The van der Waals surface area contributed by atoms with Gasteiger partial charge in [-0.05, 0) is 146 Å². The summed E-state index contributed by atoms with van der Waals surface area (Å²) in [5.74, 6) is -0.658. The van der Waals surface area contributed by atoms with Gasteiger partial charge in [-0.1, -0.05) is 32.5 Å². The van der Waals surface area contributed by atoms with Crippen molar-refractivity contribution in [1.82, 2.24) is 20.4 Å². The molecule has 0 amide bonds. The van der Waals surface area contributed by atoms with Crippen LogP contribution in [0.1, 0.15) is 108 Å². The third kappa shape index (κ3) is 9.64. The number of esters is 2. The van der Waals surface area contributed by atoms with Crippen molar-refractivity contribution >= 4 is 47.1 Å². The lowest BCUT2D eigenvalue weighted by molar-refractivity contribution is 0.00578. The van der Waals surface area contributed by atoms with Crippen molar-refractivity contribution in [3.8, 4) is 11.3 Å². The van der Waals surface area contributed by atoms with Crippen molar-refractivity contribution in [2.75, 3.05) is 14.2 Å². The second-order valence-corrected chi connectivity index (χ2v) is 14.2. The largest absolute Gasteiger partial charge is 0.495 e. The van der Waals surface area contributed by atoms with E-state index in [2.05, 4.69) is 49.9 Å². The summed E-state index contributed by atoms with van der Waals surface area (Å²) in [7, 11) is 2.31. The maximum absolute atomic E-state index is 11.9. The number of hydrogen-bond acceptors (Lipinski definition) is 8. The van der Waals surface area contributed by atoms with Gasteiger partial charge < -0.3 is 18.8 Å². The van der Waals surface area contributed by atoms with Gasteiger partial charge in [-0.3, -0.25) is 10.2 Å². The zero-order valence-electron chi connectivity index (χ0n) is 30.6. The Labute approximate surface area is 313 Å². The molecular formula is C38H56BIN4O6. The molecule has 1 aliphatic rings. The molecule has 2 N–H and O–H groups in total. The fraction of sp³-hybridized carbons (Fsp3) is 0.474. The number of H-pyrrole nitrogens is 2. The number of carbonyl (C=O) groups is 2. The van der Waals surface area contributed by atoms with E-state index >= 15 is 0 Å². The Morgan fingerprint density at radius 3 is 1.50 bits per heavy atom. The van der Waals surface area contributed by atoms with Crippen molar-refractivity contribution in [1.29, 1.82) is 0 Å². The molecule has 5 rings (SSSR count). The van der Waals surface area contributed by atoms with E-state index in [1.54, 1.807) is 0 Å². The van der Waals surface area contributed by atoms with Crippen LogP contribution in [0.4, 0.5) is 0 Å². The van der Waals surface area contributed by atoms with Crippen LogP contribution in [0.25, 0.3) is 11.3 Å². The Bertz CT molecular complexity index is 1780. The Hall–Kier alpha value is -3.49. The van der Waals surface area contributed by atoms with Gasteiger partial charge in [0.05, 0.1) is 42.2 Å². The van der Waals surface area contributed by atoms with Crippen LogP contribution in [-0.4, -0.2) is 64.9 Å². The van der Waals surface area contributed by atoms with E-state index in [-0.39, 0.29) is 26.8 Å². The van der Waals surface area contributed by atoms with Crippen molar-refractivity contribution in [3.63, 3.8) is 0 Å². The molecular weight excluding hydrogens is 746 g/mol. The van der Waals surface area contributed by atoms with Gasteiger partial charge in [-0.2, -0.15) is 10.2 Å². The van der Waals surface area contributed by atoms with Gasteiger partial charge in [0, 0.05) is 22.5 Å². The normalized spacial score (nSPS) is 13.9. The average Bonchev–Trinajstić information content (AvgIpc) is 3.58. The summed E-state index contributed by atoms with van der Waals surface area (Å²) in [6, 6.07) is 7.63. The standard InChI is InChI=1S/C16H23BO4.C15H18N2O2.C5H7IN2.2CH4/c1-10-8-11(2)13(9-12(10)14(18)19-7)17-20-15(3,4)16(5,6)21-17;1-8-6-9(2)13(15(18)19-5)7-12(8)14-10(3)11(4)16-17-14;1-3-4(2)7-8-5(3)6;;/h8-9H,1-7H3;6-7H,1-5H3,(H,16,17);1-2H3,(H,7,8);2*1H4. The summed E-state index contributed by atoms with van der Waals surface area (Å²) in [5.41, 5.74) is 11.6. The van der Waals surface area contributed by atoms with Crippen LogP contribution in [0.3, 0.4) is 0 Å². The quantitative estimate of drug-likeness (QED) is 0.120. The first kappa shape index (κ1) is 44.5. The first-order valence-corrected chi connectivity index (χ1v) is 16.8. The summed E-state index contributed by atoms with van der Waals surface area (Å²) in [6.07, 6.45) is 0. The third-order valence-electron chi connectivity index (χ3n) is 9.20. The molecule has 1 aliphatic heterocycles. The van der Waals surface area contributed by atoms with E-state index in [4.69, 9.17) is 18.8 Å². The molecule has 10 nitrogen and oxygen atoms in total. The fourth-order valence-corrected chi connectivity index (χ4v) is 5.59. The summed E-state index contributed by atoms with van der Waals surface area (Å²) in [4.78, 5) is 23.6. The van der Waals surface area contributed by atoms with Gasteiger partial charge in [-0.25, -0.2) is 9.59 Å². The number of methoxy groups -OCH3 is 2. The van der Waals surface area contributed by atoms with Gasteiger partial charge in [0.15, 0.2) is 0 Å². The number of rotatable bonds is 4. The number of ether oxygens (including phenoxy) is 2. The first-order chi connectivity index (χ1) is 22.3. The van der Waals surface area contributed by atoms with E-state index in [1.807, 2.05) is 100 Å². The molecule has 3 heterocycles. The molecule has 1 fully saturated rings. The number of aryl methyl sites for hydroxylation is 6. The van der Waals surface area contributed by atoms with Gasteiger partial charge in [-0.15, -0.1) is 0 Å². The van der Waals surface area contributed by atoms with E-state index in [9.17, 15) is 9.59 Å². The van der Waals surface area contributed by atoms with Crippen LogP contribution in [0.2, 0.25) is 0 Å². The maximum Gasteiger partial charge on any atom is 0.495 e. The van der Waals surface area contributed by atoms with Crippen LogP contribution in [0, 0.1) is 59.1 Å².